The van der Waals surface area contributed by atoms with Crippen LogP contribution in [-0.2, 0) is 19.1 Å². The van der Waals surface area contributed by atoms with E-state index in [4.69, 9.17) is 9.47 Å². The largest absolute Gasteiger partial charge is 0.494 e. The number of allylic oxidation sites excluding steroid dienone is 1. The molecular formula is C21H26O6. The van der Waals surface area contributed by atoms with E-state index in [0.29, 0.717) is 30.4 Å². The Hall–Kier alpha value is -2.89. The number of hydrogen-bond acceptors (Lipinski definition) is 6. The lowest BCUT2D eigenvalue weighted by atomic mass is 10.0. The summed E-state index contributed by atoms with van der Waals surface area (Å²) in [6, 6.07) is 6.74. The third-order valence-corrected chi connectivity index (χ3v) is 3.84. The molecule has 1 unspecified atom stereocenters. The van der Waals surface area contributed by atoms with Gasteiger partial charge in [0, 0.05) is 17.7 Å². The standard InChI is InChI=1S/C21H26O6/c1-4-20(23)27-14-5-6-16(2)13-15-26-18-9-7-17(8-10-18)19(22)11-12-21(24)25-3/h4,7-12,16H,1,5-6,13-15H2,2-3H3. The van der Waals surface area contributed by atoms with E-state index in [0.717, 1.165) is 31.4 Å². The van der Waals surface area contributed by atoms with E-state index in [1.807, 2.05) is 0 Å². The van der Waals surface area contributed by atoms with Crippen LogP contribution in [0.5, 0.6) is 5.75 Å². The summed E-state index contributed by atoms with van der Waals surface area (Å²) in [6.45, 7) is 6.42. The van der Waals surface area contributed by atoms with Crippen molar-refractivity contribution in [3.63, 3.8) is 0 Å². The minimum absolute atomic E-state index is 0.280. The molecule has 27 heavy (non-hydrogen) atoms. The minimum atomic E-state index is -0.573. The summed E-state index contributed by atoms with van der Waals surface area (Å²) in [7, 11) is 1.25. The van der Waals surface area contributed by atoms with Crippen LogP contribution < -0.4 is 4.74 Å². The highest BCUT2D eigenvalue weighted by atomic mass is 16.5. The molecule has 0 amide bonds. The quantitative estimate of drug-likeness (QED) is 0.241. The van der Waals surface area contributed by atoms with Crippen LogP contribution in [0.4, 0.5) is 0 Å². The van der Waals surface area contributed by atoms with Crippen LogP contribution in [0.2, 0.25) is 0 Å². The SMILES string of the molecule is C=CC(=O)OCCCC(C)CCOc1ccc(C(=O)C=CC(=O)OC)cc1. The predicted octanol–water partition coefficient (Wildman–Crippen LogP) is 3.51. The molecule has 0 radical (unpaired) electrons. The van der Waals surface area contributed by atoms with Gasteiger partial charge in [-0.3, -0.25) is 4.79 Å². The van der Waals surface area contributed by atoms with Crippen molar-refractivity contribution in [3.05, 3.63) is 54.6 Å². The predicted molar refractivity (Wildman–Crippen MR) is 102 cm³/mol. The van der Waals surface area contributed by atoms with Crippen molar-refractivity contribution in [3.8, 4) is 5.75 Å². The lowest BCUT2D eigenvalue weighted by Gasteiger charge is -2.12. The highest BCUT2D eigenvalue weighted by Gasteiger charge is 2.06. The number of ether oxygens (including phenoxy) is 3. The average molecular weight is 374 g/mol. The van der Waals surface area contributed by atoms with Gasteiger partial charge < -0.3 is 14.2 Å². The summed E-state index contributed by atoms with van der Waals surface area (Å²) in [5.74, 6) is -0.130. The number of carbonyl (C=O) groups excluding carboxylic acids is 3. The molecule has 6 nitrogen and oxygen atoms in total. The van der Waals surface area contributed by atoms with Gasteiger partial charge in [-0.1, -0.05) is 13.5 Å². The second-order valence-corrected chi connectivity index (χ2v) is 6.00. The Morgan fingerprint density at radius 2 is 1.74 bits per heavy atom. The first-order valence-electron chi connectivity index (χ1n) is 8.78. The number of carbonyl (C=O) groups is 3. The molecule has 0 aliphatic rings. The normalized spacial score (nSPS) is 11.6. The molecule has 146 valence electrons. The van der Waals surface area contributed by atoms with Gasteiger partial charge in [-0.2, -0.15) is 0 Å². The van der Waals surface area contributed by atoms with E-state index in [-0.39, 0.29) is 5.78 Å². The van der Waals surface area contributed by atoms with Crippen LogP contribution >= 0.6 is 0 Å². The lowest BCUT2D eigenvalue weighted by Crippen LogP contribution is -2.07. The molecule has 1 aromatic carbocycles. The van der Waals surface area contributed by atoms with Gasteiger partial charge in [-0.15, -0.1) is 0 Å². The summed E-state index contributed by atoms with van der Waals surface area (Å²) in [5, 5.41) is 0. The number of ketones is 1. The van der Waals surface area contributed by atoms with Gasteiger partial charge in [0.2, 0.25) is 0 Å². The number of rotatable bonds is 12. The van der Waals surface area contributed by atoms with E-state index in [1.54, 1.807) is 24.3 Å². The summed E-state index contributed by atoms with van der Waals surface area (Å²) in [4.78, 5) is 33.8. The molecule has 0 saturated carbocycles. The van der Waals surface area contributed by atoms with E-state index in [9.17, 15) is 14.4 Å². The summed E-state index contributed by atoms with van der Waals surface area (Å²) >= 11 is 0. The smallest absolute Gasteiger partial charge is 0.330 e. The molecule has 6 heteroatoms. The highest BCUT2D eigenvalue weighted by molar-refractivity contribution is 6.07. The first-order chi connectivity index (χ1) is 13.0. The Morgan fingerprint density at radius 3 is 2.37 bits per heavy atom. The van der Waals surface area contributed by atoms with E-state index in [2.05, 4.69) is 18.2 Å². The Labute approximate surface area is 159 Å². The Kier molecular flexibility index (Phi) is 10.2. The fraction of sp³-hybridized carbons (Fsp3) is 0.381. The summed E-state index contributed by atoms with van der Waals surface area (Å²) < 4.78 is 15.1. The second-order valence-electron chi connectivity index (χ2n) is 6.00. The van der Waals surface area contributed by atoms with Crippen molar-refractivity contribution >= 4 is 17.7 Å². The maximum absolute atomic E-state index is 11.9. The van der Waals surface area contributed by atoms with Gasteiger partial charge in [0.25, 0.3) is 0 Å². The van der Waals surface area contributed by atoms with E-state index >= 15 is 0 Å². The van der Waals surface area contributed by atoms with Gasteiger partial charge >= 0.3 is 11.9 Å². The highest BCUT2D eigenvalue weighted by Crippen LogP contribution is 2.16. The lowest BCUT2D eigenvalue weighted by molar-refractivity contribution is -0.138. The molecule has 0 N–H and O–H groups in total. The minimum Gasteiger partial charge on any atom is -0.494 e. The van der Waals surface area contributed by atoms with Crippen molar-refractivity contribution in [1.29, 1.82) is 0 Å². The van der Waals surface area contributed by atoms with Gasteiger partial charge in [0.05, 0.1) is 20.3 Å². The Balaban J connectivity index is 2.30. The molecule has 0 bridgehead atoms. The van der Waals surface area contributed by atoms with Crippen molar-refractivity contribution < 1.29 is 28.6 Å². The first-order valence-corrected chi connectivity index (χ1v) is 8.78. The average Bonchev–Trinajstić information content (AvgIpc) is 2.69. The Bertz CT molecular complexity index is 660. The van der Waals surface area contributed by atoms with E-state index in [1.165, 1.54) is 13.2 Å². The van der Waals surface area contributed by atoms with Gasteiger partial charge in [0.1, 0.15) is 5.75 Å². The van der Waals surface area contributed by atoms with Crippen LogP contribution in [0.1, 0.15) is 36.5 Å². The van der Waals surface area contributed by atoms with Crippen molar-refractivity contribution in [1.82, 2.24) is 0 Å². The van der Waals surface area contributed by atoms with Crippen LogP contribution in [0.3, 0.4) is 0 Å². The van der Waals surface area contributed by atoms with Crippen LogP contribution in [-0.4, -0.2) is 38.0 Å². The summed E-state index contributed by atoms with van der Waals surface area (Å²) in [6.07, 6.45) is 6.04. The summed E-state index contributed by atoms with van der Waals surface area (Å²) in [5.41, 5.74) is 0.463. The number of methoxy groups -OCH3 is 1. The molecule has 1 atom stereocenters. The fourth-order valence-electron chi connectivity index (χ4n) is 2.21. The molecule has 1 rings (SSSR count). The number of esters is 2. The monoisotopic (exact) mass is 374 g/mol. The molecule has 0 heterocycles. The van der Waals surface area contributed by atoms with Crippen molar-refractivity contribution in [2.75, 3.05) is 20.3 Å². The molecular weight excluding hydrogens is 348 g/mol. The zero-order valence-electron chi connectivity index (χ0n) is 15.8. The zero-order valence-corrected chi connectivity index (χ0v) is 15.8. The molecule has 0 spiro atoms. The third-order valence-electron chi connectivity index (χ3n) is 3.84. The maximum atomic E-state index is 11.9. The van der Waals surface area contributed by atoms with Crippen molar-refractivity contribution in [2.24, 2.45) is 5.92 Å². The van der Waals surface area contributed by atoms with Crippen molar-refractivity contribution in [2.45, 2.75) is 26.2 Å². The topological polar surface area (TPSA) is 78.9 Å². The molecule has 0 aliphatic heterocycles. The van der Waals surface area contributed by atoms with Crippen LogP contribution in [0.15, 0.2) is 49.1 Å². The Morgan fingerprint density at radius 1 is 1.04 bits per heavy atom. The van der Waals surface area contributed by atoms with Gasteiger partial charge in [0.15, 0.2) is 5.78 Å². The van der Waals surface area contributed by atoms with Crippen LogP contribution in [0.25, 0.3) is 0 Å². The molecule has 0 aliphatic carbocycles. The van der Waals surface area contributed by atoms with E-state index < -0.39 is 11.9 Å². The zero-order chi connectivity index (χ0) is 20.1. The molecule has 0 saturated heterocycles. The molecule has 0 aromatic heterocycles. The fourth-order valence-corrected chi connectivity index (χ4v) is 2.21. The number of hydrogen-bond donors (Lipinski definition) is 0. The van der Waals surface area contributed by atoms with Gasteiger partial charge in [-0.05, 0) is 55.5 Å². The number of benzene rings is 1. The molecule has 0 fully saturated rings. The third kappa shape index (κ3) is 9.39. The maximum Gasteiger partial charge on any atom is 0.330 e. The first kappa shape index (κ1) is 22.2. The molecule has 1 aromatic rings. The van der Waals surface area contributed by atoms with Gasteiger partial charge in [-0.25, -0.2) is 9.59 Å². The van der Waals surface area contributed by atoms with Crippen LogP contribution in [0, 0.1) is 5.92 Å². The second kappa shape index (κ2) is 12.5.